The molecule has 0 bridgehead atoms. The molecule has 5 rings (SSSR count). The maximum Gasteiger partial charge on any atom is 0.254 e. The van der Waals surface area contributed by atoms with E-state index >= 15 is 0 Å². The number of hydrogen-bond donors (Lipinski definition) is 0. The molecule has 3 aromatic rings. The number of ether oxygens (including phenoxy) is 3. The van der Waals surface area contributed by atoms with Crippen molar-refractivity contribution in [2.75, 3.05) is 40.9 Å². The molecule has 2 aliphatic rings. The summed E-state index contributed by atoms with van der Waals surface area (Å²) in [7, 11) is 5.15. The Hall–Kier alpha value is -5.12. The first-order chi connectivity index (χ1) is 21.5. The second-order valence-corrected chi connectivity index (χ2v) is 11.4. The number of Topliss-reactive ketones (excluding diaryl/α,β-unsaturated/α-hetero) is 1. The van der Waals surface area contributed by atoms with Crippen molar-refractivity contribution in [1.82, 2.24) is 9.91 Å². The highest BCUT2D eigenvalue weighted by Gasteiger charge is 2.44. The van der Waals surface area contributed by atoms with Crippen molar-refractivity contribution in [1.29, 1.82) is 0 Å². The van der Waals surface area contributed by atoms with Gasteiger partial charge < -0.3 is 34.0 Å². The molecule has 0 unspecified atom stereocenters. The predicted molar refractivity (Wildman–Crippen MR) is 169 cm³/mol. The number of carboxylic acids is 1. The monoisotopic (exact) mass is 610 g/mol. The first-order valence-corrected chi connectivity index (χ1v) is 14.8. The number of allylic oxidation sites excluding steroid dienone is 1. The average molecular weight is 611 g/mol. The second kappa shape index (κ2) is 12.9. The highest BCUT2D eigenvalue weighted by atomic mass is 16.5. The summed E-state index contributed by atoms with van der Waals surface area (Å²) < 4.78 is 18.0. The number of hydrogen-bond acceptors (Lipinski definition) is 9. The van der Waals surface area contributed by atoms with Gasteiger partial charge in [-0.2, -0.15) is 5.10 Å². The van der Waals surface area contributed by atoms with Crippen molar-refractivity contribution in [3.63, 3.8) is 0 Å². The van der Waals surface area contributed by atoms with Crippen LogP contribution in [0.4, 0.5) is 0 Å². The molecule has 1 amide bonds. The van der Waals surface area contributed by atoms with E-state index < -0.39 is 11.6 Å². The van der Waals surface area contributed by atoms with E-state index in [1.54, 1.807) is 52.5 Å². The number of carbonyl (C=O) groups is 3. The maximum atomic E-state index is 13.7. The van der Waals surface area contributed by atoms with Gasteiger partial charge in [0, 0.05) is 51.2 Å². The second-order valence-electron chi connectivity index (χ2n) is 11.4. The third-order valence-corrected chi connectivity index (χ3v) is 8.08. The van der Waals surface area contributed by atoms with Gasteiger partial charge in [0.15, 0.2) is 5.78 Å². The quantitative estimate of drug-likeness (QED) is 0.260. The van der Waals surface area contributed by atoms with Crippen LogP contribution in [0, 0.1) is 0 Å². The zero-order chi connectivity index (χ0) is 32.3. The lowest BCUT2D eigenvalue weighted by Gasteiger charge is -2.44. The number of methoxy groups -OCH3 is 1. The number of rotatable bonds is 9. The van der Waals surface area contributed by atoms with Crippen LogP contribution >= 0.6 is 0 Å². The van der Waals surface area contributed by atoms with Crippen molar-refractivity contribution in [3.05, 3.63) is 83.4 Å². The van der Waals surface area contributed by atoms with Gasteiger partial charge in [0.25, 0.3) is 5.91 Å². The Morgan fingerprint density at radius 2 is 1.78 bits per heavy atom. The van der Waals surface area contributed by atoms with E-state index in [1.165, 1.54) is 19.2 Å². The van der Waals surface area contributed by atoms with Crippen LogP contribution in [0.1, 0.15) is 62.8 Å². The Morgan fingerprint density at radius 3 is 2.44 bits per heavy atom. The van der Waals surface area contributed by atoms with Gasteiger partial charge in [-0.05, 0) is 53.9 Å². The third kappa shape index (κ3) is 6.55. The minimum Gasteiger partial charge on any atom is -0.545 e. The largest absolute Gasteiger partial charge is 0.545 e. The molecule has 0 aromatic heterocycles. The van der Waals surface area contributed by atoms with Gasteiger partial charge in [0.1, 0.15) is 22.8 Å². The van der Waals surface area contributed by atoms with Crippen molar-refractivity contribution in [2.24, 2.45) is 5.10 Å². The highest BCUT2D eigenvalue weighted by molar-refractivity contribution is 6.11. The summed E-state index contributed by atoms with van der Waals surface area (Å²) in [6.07, 6.45) is 2.79. The molecular formula is C35H36N3O7-. The minimum atomic E-state index is -1.26. The van der Waals surface area contributed by atoms with E-state index in [0.717, 1.165) is 0 Å². The molecular weight excluding hydrogens is 574 g/mol. The summed E-state index contributed by atoms with van der Waals surface area (Å²) in [5.41, 5.74) is 2.84. The fraction of sp³-hybridized carbons (Fsp3) is 0.314. The van der Waals surface area contributed by atoms with Gasteiger partial charge in [-0.25, -0.2) is 0 Å². The van der Waals surface area contributed by atoms with Crippen LogP contribution in [0.5, 0.6) is 17.2 Å². The third-order valence-electron chi connectivity index (χ3n) is 8.08. The van der Waals surface area contributed by atoms with Crippen molar-refractivity contribution in [2.45, 2.75) is 31.8 Å². The van der Waals surface area contributed by atoms with Crippen LogP contribution in [0.2, 0.25) is 0 Å². The summed E-state index contributed by atoms with van der Waals surface area (Å²) in [4.78, 5) is 40.2. The van der Waals surface area contributed by atoms with Crippen LogP contribution in [0.15, 0.2) is 66.3 Å². The predicted octanol–water partition coefficient (Wildman–Crippen LogP) is 4.33. The van der Waals surface area contributed by atoms with Gasteiger partial charge in [-0.1, -0.05) is 30.8 Å². The SMILES string of the molecule is C=C(/C=N\N(C)C)c1c(OC)cc(C(=O)N2CCC3(CC2)CC(=O)c2cc(-c4cccc(C(=O)[O-])c4)ccc2O3)cc1OCC. The minimum absolute atomic E-state index is 0.0475. The van der Waals surface area contributed by atoms with E-state index in [2.05, 4.69) is 11.7 Å². The average Bonchev–Trinajstić information content (AvgIpc) is 3.03. The Balaban J connectivity index is 1.32. The molecule has 2 heterocycles. The van der Waals surface area contributed by atoms with Crippen molar-refractivity contribution in [3.8, 4) is 28.4 Å². The number of carbonyl (C=O) groups excluding carboxylic acids is 3. The number of piperidine rings is 1. The summed E-state index contributed by atoms with van der Waals surface area (Å²) in [6, 6.07) is 15.1. The lowest BCUT2D eigenvalue weighted by Crippen LogP contribution is -2.52. The van der Waals surface area contributed by atoms with Gasteiger partial charge in [-0.15, -0.1) is 0 Å². The Bertz CT molecular complexity index is 1690. The molecule has 0 radical (unpaired) electrons. The fourth-order valence-electron chi connectivity index (χ4n) is 5.79. The standard InChI is InChI=1S/C35H37N3O7/c1-6-44-31-19-26(18-30(43-5)32(31)22(2)21-36-37(3)4)33(40)38-14-12-35(13-15-38)20-28(39)27-17-24(10-11-29(27)45-35)23-8-7-9-25(16-23)34(41)42/h7-11,16-19,21H,2,6,12-15,20H2,1,3-5H3,(H,41,42)/p-1/b36-21-. The topological polar surface area (TPSA) is 121 Å². The molecule has 0 N–H and O–H groups in total. The number of carboxylic acid groups (broad SMARTS) is 1. The smallest absolute Gasteiger partial charge is 0.254 e. The molecule has 1 spiro atoms. The van der Waals surface area contributed by atoms with Crippen LogP contribution in [0.3, 0.4) is 0 Å². The fourth-order valence-corrected chi connectivity index (χ4v) is 5.79. The number of ketones is 1. The normalized spacial score (nSPS) is 15.4. The number of likely N-dealkylation sites (tertiary alicyclic amines) is 1. The van der Waals surface area contributed by atoms with Crippen LogP contribution in [-0.2, 0) is 0 Å². The molecule has 1 saturated heterocycles. The number of fused-ring (bicyclic) bond motifs is 1. The molecule has 234 valence electrons. The zero-order valence-electron chi connectivity index (χ0n) is 25.9. The molecule has 3 aromatic carbocycles. The maximum absolute atomic E-state index is 13.7. The number of nitrogens with zero attached hydrogens (tertiary/aromatic N) is 3. The summed E-state index contributed by atoms with van der Waals surface area (Å²) in [5, 5.41) is 17.2. The molecule has 0 saturated carbocycles. The van der Waals surface area contributed by atoms with Crippen LogP contribution in [-0.4, -0.2) is 80.3 Å². The van der Waals surface area contributed by atoms with E-state index in [-0.39, 0.29) is 23.7 Å². The lowest BCUT2D eigenvalue weighted by atomic mass is 9.81. The van der Waals surface area contributed by atoms with Gasteiger partial charge in [-0.3, -0.25) is 9.59 Å². The molecule has 0 atom stereocenters. The van der Waals surface area contributed by atoms with E-state index in [9.17, 15) is 19.5 Å². The van der Waals surface area contributed by atoms with Crippen LogP contribution in [0.25, 0.3) is 16.7 Å². The van der Waals surface area contributed by atoms with E-state index in [4.69, 9.17) is 14.2 Å². The van der Waals surface area contributed by atoms with E-state index in [0.29, 0.717) is 83.2 Å². The van der Waals surface area contributed by atoms with Crippen molar-refractivity contribution >= 4 is 29.4 Å². The van der Waals surface area contributed by atoms with E-state index in [1.807, 2.05) is 27.1 Å². The van der Waals surface area contributed by atoms with Gasteiger partial charge in [0.05, 0.1) is 43.4 Å². The summed E-state index contributed by atoms with van der Waals surface area (Å²) >= 11 is 0. The number of hydrazone groups is 1. The summed E-state index contributed by atoms with van der Waals surface area (Å²) in [5.74, 6) is -0.0549. The molecule has 2 aliphatic heterocycles. The molecule has 0 aliphatic carbocycles. The molecule has 10 heteroatoms. The first kappa shape index (κ1) is 31.3. The molecule has 10 nitrogen and oxygen atoms in total. The Kier molecular flexibility index (Phi) is 8.94. The molecule has 1 fully saturated rings. The first-order valence-electron chi connectivity index (χ1n) is 14.8. The summed E-state index contributed by atoms with van der Waals surface area (Å²) in [6.45, 7) is 7.19. The number of benzene rings is 3. The Labute approximate surface area is 262 Å². The zero-order valence-corrected chi connectivity index (χ0v) is 25.9. The van der Waals surface area contributed by atoms with Crippen LogP contribution < -0.4 is 19.3 Å². The van der Waals surface area contributed by atoms with Crippen molar-refractivity contribution < 1.29 is 33.7 Å². The highest BCUT2D eigenvalue weighted by Crippen LogP contribution is 2.42. The van der Waals surface area contributed by atoms with Gasteiger partial charge in [0.2, 0.25) is 0 Å². The number of amides is 1. The Morgan fingerprint density at radius 1 is 1.07 bits per heavy atom. The lowest BCUT2D eigenvalue weighted by molar-refractivity contribution is -0.255. The van der Waals surface area contributed by atoms with Gasteiger partial charge >= 0.3 is 0 Å². The number of aromatic carboxylic acids is 1. The molecule has 45 heavy (non-hydrogen) atoms.